The van der Waals surface area contributed by atoms with Gasteiger partial charge in [-0.3, -0.25) is 0 Å². The summed E-state index contributed by atoms with van der Waals surface area (Å²) in [4.78, 5) is 0. The molecule has 1 atom stereocenters. The van der Waals surface area contributed by atoms with Crippen LogP contribution in [0, 0.1) is 0 Å². The summed E-state index contributed by atoms with van der Waals surface area (Å²) in [5.41, 5.74) is -7.93. The van der Waals surface area contributed by atoms with E-state index in [4.69, 9.17) is 5.11 Å². The van der Waals surface area contributed by atoms with Crippen LogP contribution in [0.3, 0.4) is 0 Å². The van der Waals surface area contributed by atoms with E-state index in [9.17, 15) is 39.5 Å². The van der Waals surface area contributed by atoms with Crippen molar-refractivity contribution in [1.29, 1.82) is 0 Å². The van der Waals surface area contributed by atoms with Crippen molar-refractivity contribution < 1.29 is 44.6 Å². The van der Waals surface area contributed by atoms with Crippen molar-refractivity contribution in [1.82, 2.24) is 0 Å². The van der Waals surface area contributed by atoms with E-state index in [1.807, 2.05) is 0 Å². The predicted molar refractivity (Wildman–Crippen MR) is 52.2 cm³/mol. The molecular weight excluding hydrogens is 319 g/mol. The van der Waals surface area contributed by atoms with Gasteiger partial charge in [-0.05, 0) is 5.56 Å². The molecule has 0 aromatic heterocycles. The van der Waals surface area contributed by atoms with Gasteiger partial charge in [0.2, 0.25) is 0 Å². The van der Waals surface area contributed by atoms with Gasteiger partial charge in [0, 0.05) is 5.56 Å². The third kappa shape index (κ3) is 2.68. The highest BCUT2D eigenvalue weighted by Crippen LogP contribution is 2.58. The maximum absolute atomic E-state index is 13.9. The maximum atomic E-state index is 13.9. The van der Waals surface area contributed by atoms with Gasteiger partial charge in [0.1, 0.15) is 0 Å². The van der Waals surface area contributed by atoms with E-state index in [1.165, 1.54) is 0 Å². The third-order valence-electron chi connectivity index (χ3n) is 2.71. The van der Waals surface area contributed by atoms with Crippen LogP contribution in [0.15, 0.2) is 24.3 Å². The molecule has 0 radical (unpaired) electrons. The Hall–Kier alpha value is -1.45. The molecule has 1 nitrogen and oxygen atoms in total. The molecule has 0 bridgehead atoms. The van der Waals surface area contributed by atoms with E-state index in [2.05, 4.69) is 0 Å². The predicted octanol–water partition coefficient (Wildman–Crippen LogP) is 4.10. The molecule has 0 amide bonds. The van der Waals surface area contributed by atoms with E-state index in [0.29, 0.717) is 12.1 Å². The van der Waals surface area contributed by atoms with Gasteiger partial charge in [0.05, 0.1) is 6.61 Å². The summed E-state index contributed by atoms with van der Waals surface area (Å²) in [5, 5.41) is 8.64. The van der Waals surface area contributed by atoms with Crippen LogP contribution in [0.1, 0.15) is 11.1 Å². The number of aliphatic hydroxyl groups is 1. The molecule has 1 N–H and O–H groups in total. The SMILES string of the molecule is OCc1ccc(C(F)(C(F)(F)F)C(F)(F)C(F)(F)F)cc1. The Morgan fingerprint density at radius 3 is 1.43 bits per heavy atom. The molecule has 0 aliphatic heterocycles. The Kier molecular flexibility index (Phi) is 4.25. The lowest BCUT2D eigenvalue weighted by Crippen LogP contribution is -2.59. The maximum Gasteiger partial charge on any atom is 0.457 e. The zero-order valence-electron chi connectivity index (χ0n) is 9.87. The summed E-state index contributed by atoms with van der Waals surface area (Å²) < 4.78 is 114. The average Bonchev–Trinajstić information content (AvgIpc) is 2.35. The van der Waals surface area contributed by atoms with Gasteiger partial charge in [0.25, 0.3) is 0 Å². The van der Waals surface area contributed by atoms with E-state index in [-0.39, 0.29) is 17.7 Å². The molecule has 10 heteroatoms. The second kappa shape index (κ2) is 5.08. The van der Waals surface area contributed by atoms with Crippen LogP contribution in [-0.2, 0) is 12.3 Å². The van der Waals surface area contributed by atoms with Crippen LogP contribution >= 0.6 is 0 Å². The van der Waals surface area contributed by atoms with E-state index in [0.717, 1.165) is 0 Å². The van der Waals surface area contributed by atoms with Crippen molar-refractivity contribution in [3.8, 4) is 0 Å². The van der Waals surface area contributed by atoms with Crippen LogP contribution < -0.4 is 0 Å². The molecular formula is C11H7F9O. The smallest absolute Gasteiger partial charge is 0.392 e. The Bertz CT molecular complexity index is 488. The molecule has 21 heavy (non-hydrogen) atoms. The second-order valence-corrected chi connectivity index (χ2v) is 4.08. The number of hydrogen-bond donors (Lipinski definition) is 1. The van der Waals surface area contributed by atoms with E-state index in [1.54, 1.807) is 0 Å². The first-order valence-electron chi connectivity index (χ1n) is 5.19. The van der Waals surface area contributed by atoms with Gasteiger partial charge in [0.15, 0.2) is 0 Å². The second-order valence-electron chi connectivity index (χ2n) is 4.08. The molecule has 0 saturated carbocycles. The Morgan fingerprint density at radius 2 is 1.14 bits per heavy atom. The van der Waals surface area contributed by atoms with Gasteiger partial charge >= 0.3 is 23.9 Å². The van der Waals surface area contributed by atoms with E-state index < -0.39 is 36.1 Å². The van der Waals surface area contributed by atoms with Crippen LogP contribution in [0.4, 0.5) is 39.5 Å². The molecule has 0 aliphatic rings. The molecule has 1 aromatic rings. The molecule has 0 spiro atoms. The summed E-state index contributed by atoms with van der Waals surface area (Å²) in [5.74, 6) is -6.68. The Morgan fingerprint density at radius 1 is 0.714 bits per heavy atom. The molecule has 0 fully saturated rings. The van der Waals surface area contributed by atoms with Crippen molar-refractivity contribution in [3.05, 3.63) is 35.4 Å². The summed E-state index contributed by atoms with van der Waals surface area (Å²) in [6, 6.07) is 1.47. The fourth-order valence-electron chi connectivity index (χ4n) is 1.56. The summed E-state index contributed by atoms with van der Waals surface area (Å²) in [6.45, 7) is -0.707. The third-order valence-corrected chi connectivity index (χ3v) is 2.71. The normalized spacial score (nSPS) is 16.7. The number of hydrogen-bond acceptors (Lipinski definition) is 1. The van der Waals surface area contributed by atoms with Gasteiger partial charge in [-0.25, -0.2) is 4.39 Å². The lowest BCUT2D eigenvalue weighted by Gasteiger charge is -2.36. The van der Waals surface area contributed by atoms with Crippen LogP contribution in [0.25, 0.3) is 0 Å². The quantitative estimate of drug-likeness (QED) is 0.829. The van der Waals surface area contributed by atoms with Crippen LogP contribution in [0.2, 0.25) is 0 Å². The Balaban J connectivity index is 3.55. The van der Waals surface area contributed by atoms with Gasteiger partial charge in [-0.15, -0.1) is 0 Å². The minimum atomic E-state index is -6.74. The molecule has 0 saturated heterocycles. The zero-order chi connectivity index (χ0) is 16.7. The zero-order valence-corrected chi connectivity index (χ0v) is 9.87. The summed E-state index contributed by atoms with van der Waals surface area (Å²) in [6.07, 6.45) is -13.3. The van der Waals surface area contributed by atoms with Crippen molar-refractivity contribution >= 4 is 0 Å². The first-order chi connectivity index (χ1) is 9.29. The van der Waals surface area contributed by atoms with Crippen molar-refractivity contribution in [2.24, 2.45) is 0 Å². The monoisotopic (exact) mass is 326 g/mol. The Labute approximate surface area is 112 Å². The van der Waals surface area contributed by atoms with Crippen molar-refractivity contribution in [3.63, 3.8) is 0 Å². The number of benzene rings is 1. The lowest BCUT2D eigenvalue weighted by atomic mass is 9.87. The van der Waals surface area contributed by atoms with Crippen LogP contribution in [-0.4, -0.2) is 23.4 Å². The highest BCUT2D eigenvalue weighted by Gasteiger charge is 2.81. The number of rotatable bonds is 3. The minimum Gasteiger partial charge on any atom is -0.392 e. The molecule has 1 unspecified atom stereocenters. The summed E-state index contributed by atoms with van der Waals surface area (Å²) in [7, 11) is 0. The molecule has 0 heterocycles. The van der Waals surface area contributed by atoms with E-state index >= 15 is 0 Å². The fourth-order valence-corrected chi connectivity index (χ4v) is 1.56. The van der Waals surface area contributed by atoms with Gasteiger partial charge in [-0.1, -0.05) is 24.3 Å². The number of alkyl halides is 9. The first kappa shape index (κ1) is 17.6. The molecule has 0 aliphatic carbocycles. The highest BCUT2D eigenvalue weighted by atomic mass is 19.4. The largest absolute Gasteiger partial charge is 0.457 e. The summed E-state index contributed by atoms with van der Waals surface area (Å²) >= 11 is 0. The van der Waals surface area contributed by atoms with Gasteiger partial charge in [-0.2, -0.15) is 35.1 Å². The first-order valence-corrected chi connectivity index (χ1v) is 5.19. The number of aliphatic hydroxyl groups excluding tert-OH is 1. The highest BCUT2D eigenvalue weighted by molar-refractivity contribution is 5.31. The molecule has 1 aromatic carbocycles. The fraction of sp³-hybridized carbons (Fsp3) is 0.455. The average molecular weight is 326 g/mol. The number of halogens is 9. The van der Waals surface area contributed by atoms with Crippen molar-refractivity contribution in [2.75, 3.05) is 0 Å². The molecule has 120 valence electrons. The molecule has 1 rings (SSSR count). The topological polar surface area (TPSA) is 20.2 Å². The van der Waals surface area contributed by atoms with Crippen LogP contribution in [0.5, 0.6) is 0 Å². The standard InChI is InChI=1S/C11H7F9O/c12-8(10(15,16)17,9(13,14)11(18,19)20)7-3-1-6(5-21)2-4-7/h1-4,21H,5H2. The van der Waals surface area contributed by atoms with Gasteiger partial charge < -0.3 is 5.11 Å². The van der Waals surface area contributed by atoms with Crippen molar-refractivity contribution in [2.45, 2.75) is 30.6 Å². The minimum absolute atomic E-state index is 0.0846. The lowest BCUT2D eigenvalue weighted by molar-refractivity contribution is -0.389.